The van der Waals surface area contributed by atoms with Crippen molar-refractivity contribution in [3.05, 3.63) is 0 Å². The van der Waals surface area contributed by atoms with Gasteiger partial charge in [0.1, 0.15) is 0 Å². The second-order valence-electron chi connectivity index (χ2n) is 1.20. The van der Waals surface area contributed by atoms with Gasteiger partial charge in [-0.3, -0.25) is 0 Å². The first kappa shape index (κ1) is 24.4. The number of hydrogen-bond donors (Lipinski definition) is 8. The minimum absolute atomic E-state index is 0. The van der Waals surface area contributed by atoms with Gasteiger partial charge < -0.3 is 44.1 Å². The third-order valence-corrected chi connectivity index (χ3v) is 0. The molecule has 0 aliphatic carbocycles. The van der Waals surface area contributed by atoms with Crippen LogP contribution in [-0.4, -0.2) is 151 Å². The first-order chi connectivity index (χ1) is 4.00. The van der Waals surface area contributed by atoms with Crippen molar-refractivity contribution in [3.8, 4) is 0 Å². The topological polar surface area (TPSA) is 162 Å². The molecule has 0 spiro atoms. The van der Waals surface area contributed by atoms with Crippen LogP contribution in [-0.2, 0) is 0 Å². The molecule has 72 valence electrons. The minimum atomic E-state index is -4.61. The minimum Gasteiger partial charge on any atom is -1.00 e. The van der Waals surface area contributed by atoms with Gasteiger partial charge in [-0.2, -0.15) is 0 Å². The van der Waals surface area contributed by atoms with Gasteiger partial charge in [0, 0.05) is 0 Å². The molecule has 0 aliphatic rings. The molecule has 0 unspecified atom stereocenters. The summed E-state index contributed by atoms with van der Waals surface area (Å²) in [6.07, 6.45) is 0. The molecule has 8 nitrogen and oxygen atoms in total. The predicted molar refractivity (Wildman–Crippen MR) is 45.2 cm³/mol. The Bertz CT molecular complexity index is 73.0. The first-order valence-corrected chi connectivity index (χ1v) is 5.37. The first-order valence-electron chi connectivity index (χ1n) is 1.79. The number of hydrogen-bond acceptors (Lipinski definition) is 8. The average Bonchev–Trinajstić information content (AvgIpc) is 1.12. The molecule has 0 saturated carbocycles. The molecule has 0 aliphatic heterocycles. The fraction of sp³-hybridized carbons (Fsp3) is 0. The van der Waals surface area contributed by atoms with E-state index < -0.39 is 18.1 Å². The van der Waals surface area contributed by atoms with E-state index >= 15 is 0 Å². The summed E-state index contributed by atoms with van der Waals surface area (Å²) >= 11 is 0. The summed E-state index contributed by atoms with van der Waals surface area (Å²) in [4.78, 5) is 58.6. The molecule has 0 saturated heterocycles. The Kier molecular flexibility index (Phi) is 21.7. The summed E-state index contributed by atoms with van der Waals surface area (Å²) < 4.78 is 0. The molecule has 0 heterocycles. The van der Waals surface area contributed by atoms with Crippen LogP contribution in [0.2, 0.25) is 0 Å². The maximum Gasteiger partial charge on any atom is 2.00 e. The summed E-state index contributed by atoms with van der Waals surface area (Å²) in [6.45, 7) is 0. The molecule has 0 atom stereocenters. The Labute approximate surface area is 153 Å². The van der Waals surface area contributed by atoms with Crippen LogP contribution >= 0.6 is 0 Å². The van der Waals surface area contributed by atoms with Crippen molar-refractivity contribution >= 4 is 112 Å². The number of rotatable bonds is 0. The van der Waals surface area contributed by atoms with Crippen molar-refractivity contribution in [2.24, 2.45) is 0 Å². The zero-order valence-electron chi connectivity index (χ0n) is 9.99. The van der Waals surface area contributed by atoms with Gasteiger partial charge in [-0.05, 0) is 0 Å². The Morgan fingerprint density at radius 1 is 0.583 bits per heavy atom. The van der Waals surface area contributed by atoms with E-state index in [0.717, 1.165) is 0 Å². The van der Waals surface area contributed by atoms with Crippen molar-refractivity contribution < 1.29 is 44.1 Å². The third kappa shape index (κ3) is 194. The molecular formula is H12BaO8Si2Sr. The van der Waals surface area contributed by atoms with Gasteiger partial charge >= 0.3 is 112 Å². The van der Waals surface area contributed by atoms with Crippen LogP contribution in [0.25, 0.3) is 0 Å². The third-order valence-electron chi connectivity index (χ3n) is 0. The maximum atomic E-state index is 7.33. The van der Waals surface area contributed by atoms with Crippen LogP contribution in [0.4, 0.5) is 0 Å². The van der Waals surface area contributed by atoms with Crippen molar-refractivity contribution in [2.45, 2.75) is 0 Å². The second kappa shape index (κ2) is 10.7. The van der Waals surface area contributed by atoms with Crippen molar-refractivity contribution in [1.82, 2.24) is 0 Å². The summed E-state index contributed by atoms with van der Waals surface area (Å²) in [5.41, 5.74) is 0. The molecule has 0 aromatic rings. The molecular weight excluding hydrogens is 409 g/mol. The van der Waals surface area contributed by atoms with Gasteiger partial charge in [-0.25, -0.2) is 0 Å². The second-order valence-corrected chi connectivity index (χ2v) is 3.60. The van der Waals surface area contributed by atoms with E-state index in [1.807, 2.05) is 0 Å². The van der Waals surface area contributed by atoms with Crippen molar-refractivity contribution in [2.75, 3.05) is 0 Å². The fourth-order valence-corrected chi connectivity index (χ4v) is 0. The van der Waals surface area contributed by atoms with E-state index in [0.29, 0.717) is 0 Å². The normalized spacial score (nSPS) is 10.0. The Balaban J connectivity index is -0.00000000970. The Morgan fingerprint density at radius 3 is 0.583 bits per heavy atom. The summed E-state index contributed by atoms with van der Waals surface area (Å²) in [5, 5.41) is 0. The predicted octanol–water partition coefficient (Wildman–Crippen LogP) is -5.53. The standard InChI is InChI=1S/Ba.2H4O4Si.Sr.4H/c;2*1-5(2,3)4;;;;;/h;2*1-4H;;;;;/q+2;;;+2;4*-1. The molecule has 0 aromatic carbocycles. The smallest absolute Gasteiger partial charge is 1.00 e. The van der Waals surface area contributed by atoms with Crippen molar-refractivity contribution in [1.29, 1.82) is 0 Å². The molecule has 8 N–H and O–H groups in total. The van der Waals surface area contributed by atoms with Crippen molar-refractivity contribution in [3.63, 3.8) is 0 Å². The maximum absolute atomic E-state index is 7.33. The van der Waals surface area contributed by atoms with Gasteiger partial charge in [0.15, 0.2) is 0 Å². The molecule has 12 heteroatoms. The quantitative estimate of drug-likeness (QED) is 0.180. The van der Waals surface area contributed by atoms with Gasteiger partial charge in [0.05, 0.1) is 0 Å². The van der Waals surface area contributed by atoms with Crippen LogP contribution in [0.1, 0.15) is 5.71 Å². The average molecular weight is 421 g/mol. The van der Waals surface area contributed by atoms with Gasteiger partial charge in [-0.15, -0.1) is 0 Å². The molecule has 0 bridgehead atoms. The van der Waals surface area contributed by atoms with Crippen LogP contribution in [0, 0.1) is 0 Å². The van der Waals surface area contributed by atoms with Crippen LogP contribution < -0.4 is 0 Å². The summed E-state index contributed by atoms with van der Waals surface area (Å²) in [5.74, 6) is 0. The van der Waals surface area contributed by atoms with E-state index in [1.54, 1.807) is 0 Å². The SMILES string of the molecule is O[Si](O)(O)O.O[Si](O)(O)O.[Ba+2].[H-].[H-].[H-].[H-].[Sr+2]. The molecule has 0 amide bonds. The molecule has 12 heavy (non-hydrogen) atoms. The van der Waals surface area contributed by atoms with Crippen LogP contribution in [0.3, 0.4) is 0 Å². The molecule has 0 radical (unpaired) electrons. The van der Waals surface area contributed by atoms with Gasteiger partial charge in [-0.1, -0.05) is 0 Å². The van der Waals surface area contributed by atoms with E-state index in [9.17, 15) is 0 Å². The van der Waals surface area contributed by atoms with Crippen LogP contribution in [0.5, 0.6) is 0 Å². The van der Waals surface area contributed by atoms with E-state index in [4.69, 9.17) is 38.4 Å². The van der Waals surface area contributed by atoms with E-state index in [2.05, 4.69) is 0 Å². The molecule has 0 fully saturated rings. The van der Waals surface area contributed by atoms with Gasteiger partial charge in [0.25, 0.3) is 0 Å². The Hall–Kier alpha value is 3.17. The van der Waals surface area contributed by atoms with Crippen LogP contribution in [0.15, 0.2) is 0 Å². The monoisotopic (exact) mass is 422 g/mol. The van der Waals surface area contributed by atoms with E-state index in [-0.39, 0.29) is 100 Å². The molecule has 0 aromatic heterocycles. The van der Waals surface area contributed by atoms with E-state index in [1.165, 1.54) is 0 Å². The summed E-state index contributed by atoms with van der Waals surface area (Å²) in [7, 11) is -9.22. The van der Waals surface area contributed by atoms with Gasteiger partial charge in [0.2, 0.25) is 0 Å². The largest absolute Gasteiger partial charge is 2.00 e. The molecule has 0 rings (SSSR count). The zero-order valence-corrected chi connectivity index (χ0v) is 15.9. The summed E-state index contributed by atoms with van der Waals surface area (Å²) in [6, 6.07) is 0. The zero-order chi connectivity index (χ0) is 9.00. The Morgan fingerprint density at radius 2 is 0.583 bits per heavy atom. The fourth-order valence-electron chi connectivity index (χ4n) is 0.